The van der Waals surface area contributed by atoms with E-state index in [1.165, 1.54) is 11.8 Å². The Bertz CT molecular complexity index is 1130. The predicted octanol–water partition coefficient (Wildman–Crippen LogP) is 4.74. The Hall–Kier alpha value is -2.71. The van der Waals surface area contributed by atoms with Crippen LogP contribution in [0, 0.1) is 6.92 Å². The molecule has 0 aliphatic carbocycles. The minimum atomic E-state index is -0.0876. The van der Waals surface area contributed by atoms with Crippen molar-refractivity contribution in [3.8, 4) is 22.8 Å². The van der Waals surface area contributed by atoms with E-state index in [0.29, 0.717) is 16.8 Å². The molecule has 0 saturated heterocycles. The van der Waals surface area contributed by atoms with Crippen molar-refractivity contribution < 1.29 is 4.42 Å². The second-order valence-corrected chi connectivity index (χ2v) is 8.01. The third-order valence-corrected chi connectivity index (χ3v) is 5.49. The summed E-state index contributed by atoms with van der Waals surface area (Å²) < 4.78 is 7.79. The van der Waals surface area contributed by atoms with E-state index in [0.717, 1.165) is 27.8 Å². The lowest BCUT2D eigenvalue weighted by molar-refractivity contribution is 0.508. The Morgan fingerprint density at radius 3 is 2.71 bits per heavy atom. The van der Waals surface area contributed by atoms with E-state index in [-0.39, 0.29) is 5.25 Å². The quantitative estimate of drug-likeness (QED) is 0.437. The number of aryl methyl sites for hydroxylation is 1. The average molecular weight is 413 g/mol. The summed E-state index contributed by atoms with van der Waals surface area (Å²) in [5, 5.41) is 18.2. The Kier molecular flexibility index (Phi) is 5.15. The average Bonchev–Trinajstić information content (AvgIpc) is 3.30. The van der Waals surface area contributed by atoms with Gasteiger partial charge < -0.3 is 8.98 Å². The summed E-state index contributed by atoms with van der Waals surface area (Å²) in [7, 11) is 1.94. The molecule has 3 heterocycles. The number of hydrogen-bond acceptors (Lipinski definition) is 7. The van der Waals surface area contributed by atoms with Gasteiger partial charge in [0.25, 0.3) is 0 Å². The summed E-state index contributed by atoms with van der Waals surface area (Å²) in [5.41, 5.74) is 2.70. The molecule has 0 aliphatic heterocycles. The first-order valence-electron chi connectivity index (χ1n) is 8.59. The van der Waals surface area contributed by atoms with Crippen molar-refractivity contribution in [3.63, 3.8) is 0 Å². The third kappa shape index (κ3) is 3.79. The van der Waals surface area contributed by atoms with Crippen molar-refractivity contribution in [3.05, 3.63) is 59.2 Å². The fourth-order valence-electron chi connectivity index (χ4n) is 2.70. The minimum absolute atomic E-state index is 0.0876. The highest BCUT2D eigenvalue weighted by atomic mass is 35.5. The van der Waals surface area contributed by atoms with Crippen molar-refractivity contribution in [2.24, 2.45) is 7.05 Å². The van der Waals surface area contributed by atoms with Crippen molar-refractivity contribution >= 4 is 23.4 Å². The number of halogens is 1. The van der Waals surface area contributed by atoms with Gasteiger partial charge in [-0.25, -0.2) is 0 Å². The molecule has 142 valence electrons. The molecular weight excluding hydrogens is 396 g/mol. The molecule has 0 fully saturated rings. The maximum atomic E-state index is 6.04. The van der Waals surface area contributed by atoms with Crippen molar-refractivity contribution in [1.29, 1.82) is 0 Å². The van der Waals surface area contributed by atoms with E-state index >= 15 is 0 Å². The molecular formula is C19H17ClN6OS. The van der Waals surface area contributed by atoms with Crippen LogP contribution in [0.25, 0.3) is 22.8 Å². The van der Waals surface area contributed by atoms with Gasteiger partial charge in [0.05, 0.1) is 5.25 Å². The summed E-state index contributed by atoms with van der Waals surface area (Å²) in [6.45, 7) is 3.94. The Labute approximate surface area is 171 Å². The molecule has 0 bridgehead atoms. The lowest BCUT2D eigenvalue weighted by Gasteiger charge is -2.07. The van der Waals surface area contributed by atoms with Gasteiger partial charge in [-0.15, -0.1) is 20.4 Å². The first kappa shape index (κ1) is 18.6. The van der Waals surface area contributed by atoms with Crippen molar-refractivity contribution in [2.75, 3.05) is 0 Å². The van der Waals surface area contributed by atoms with E-state index < -0.39 is 0 Å². The number of aromatic nitrogens is 6. The van der Waals surface area contributed by atoms with Crippen LogP contribution in [0.5, 0.6) is 0 Å². The monoisotopic (exact) mass is 412 g/mol. The zero-order chi connectivity index (χ0) is 19.7. The van der Waals surface area contributed by atoms with Gasteiger partial charge in [-0.2, -0.15) is 0 Å². The molecule has 0 spiro atoms. The zero-order valence-electron chi connectivity index (χ0n) is 15.5. The summed E-state index contributed by atoms with van der Waals surface area (Å²) in [6, 6.07) is 11.2. The van der Waals surface area contributed by atoms with Crippen LogP contribution in [0.4, 0.5) is 0 Å². The van der Waals surface area contributed by atoms with E-state index in [2.05, 4.69) is 25.4 Å². The Balaban J connectivity index is 1.54. The van der Waals surface area contributed by atoms with E-state index in [1.807, 2.05) is 49.7 Å². The number of rotatable bonds is 5. The molecule has 3 aromatic heterocycles. The minimum Gasteiger partial charge on any atom is -0.419 e. The van der Waals surface area contributed by atoms with Crippen LogP contribution in [-0.4, -0.2) is 29.9 Å². The van der Waals surface area contributed by atoms with E-state index in [4.69, 9.17) is 16.0 Å². The first-order chi connectivity index (χ1) is 13.5. The van der Waals surface area contributed by atoms with Crippen LogP contribution >= 0.6 is 23.4 Å². The molecule has 0 N–H and O–H groups in total. The topological polar surface area (TPSA) is 82.5 Å². The van der Waals surface area contributed by atoms with Crippen LogP contribution in [0.3, 0.4) is 0 Å². The molecule has 9 heteroatoms. The highest BCUT2D eigenvalue weighted by molar-refractivity contribution is 7.99. The fraction of sp³-hybridized carbons (Fsp3) is 0.211. The molecule has 1 aromatic carbocycles. The van der Waals surface area contributed by atoms with Gasteiger partial charge in [-0.1, -0.05) is 29.4 Å². The third-order valence-electron chi connectivity index (χ3n) is 4.13. The maximum Gasteiger partial charge on any atom is 0.247 e. The molecule has 0 amide bonds. The molecule has 1 unspecified atom stereocenters. The second kappa shape index (κ2) is 7.73. The van der Waals surface area contributed by atoms with Crippen LogP contribution in [-0.2, 0) is 7.05 Å². The second-order valence-electron chi connectivity index (χ2n) is 6.27. The van der Waals surface area contributed by atoms with Crippen molar-refractivity contribution in [1.82, 2.24) is 29.9 Å². The van der Waals surface area contributed by atoms with Gasteiger partial charge in [0.15, 0.2) is 11.0 Å². The van der Waals surface area contributed by atoms with Crippen molar-refractivity contribution in [2.45, 2.75) is 24.3 Å². The maximum absolute atomic E-state index is 6.04. The fourth-order valence-corrected chi connectivity index (χ4v) is 3.73. The van der Waals surface area contributed by atoms with Crippen LogP contribution < -0.4 is 0 Å². The molecule has 4 rings (SSSR count). The number of benzene rings is 1. The summed E-state index contributed by atoms with van der Waals surface area (Å²) >= 11 is 7.54. The lowest BCUT2D eigenvalue weighted by Crippen LogP contribution is -1.97. The molecule has 1 atom stereocenters. The number of nitrogens with zero attached hydrogens (tertiary/aromatic N) is 6. The standard InChI is InChI=1S/C19H17ClN6OS/c1-11-9-13(7-8-21-11)16-22-25-19(26(16)3)28-12(2)17-23-24-18(27-17)14-5-4-6-15(20)10-14/h4-10,12H,1-3H3. The lowest BCUT2D eigenvalue weighted by atomic mass is 10.2. The Morgan fingerprint density at radius 2 is 1.93 bits per heavy atom. The molecule has 28 heavy (non-hydrogen) atoms. The molecule has 0 aliphatic rings. The van der Waals surface area contributed by atoms with E-state index in [9.17, 15) is 0 Å². The number of pyridine rings is 1. The van der Waals surface area contributed by atoms with Crippen LogP contribution in [0.2, 0.25) is 5.02 Å². The molecule has 0 saturated carbocycles. The highest BCUT2D eigenvalue weighted by Crippen LogP contribution is 2.35. The SMILES string of the molecule is Cc1cc(-c2nnc(SC(C)c3nnc(-c4cccc(Cl)c4)o3)n2C)ccn1. The van der Waals surface area contributed by atoms with Gasteiger partial charge in [-0.3, -0.25) is 4.98 Å². The smallest absolute Gasteiger partial charge is 0.247 e. The van der Waals surface area contributed by atoms with Gasteiger partial charge >= 0.3 is 0 Å². The molecule has 0 radical (unpaired) electrons. The van der Waals surface area contributed by atoms with Crippen LogP contribution in [0.15, 0.2) is 52.2 Å². The first-order valence-corrected chi connectivity index (χ1v) is 9.85. The molecule has 4 aromatic rings. The van der Waals surface area contributed by atoms with E-state index in [1.54, 1.807) is 18.3 Å². The zero-order valence-corrected chi connectivity index (χ0v) is 17.1. The predicted molar refractivity (Wildman–Crippen MR) is 108 cm³/mol. The highest BCUT2D eigenvalue weighted by Gasteiger charge is 2.20. The normalized spacial score (nSPS) is 12.3. The number of hydrogen-bond donors (Lipinski definition) is 0. The summed E-state index contributed by atoms with van der Waals surface area (Å²) in [4.78, 5) is 4.22. The molecule has 7 nitrogen and oxygen atoms in total. The van der Waals surface area contributed by atoms with Gasteiger partial charge in [-0.05, 0) is 44.2 Å². The van der Waals surface area contributed by atoms with Gasteiger partial charge in [0, 0.05) is 35.1 Å². The number of thioether (sulfide) groups is 1. The van der Waals surface area contributed by atoms with Gasteiger partial charge in [0.1, 0.15) is 0 Å². The Morgan fingerprint density at radius 1 is 1.07 bits per heavy atom. The largest absolute Gasteiger partial charge is 0.419 e. The summed E-state index contributed by atoms with van der Waals surface area (Å²) in [6.07, 6.45) is 1.77. The van der Waals surface area contributed by atoms with Gasteiger partial charge in [0.2, 0.25) is 11.8 Å². The summed E-state index contributed by atoms with van der Waals surface area (Å²) in [5.74, 6) is 1.74. The van der Waals surface area contributed by atoms with Crippen LogP contribution in [0.1, 0.15) is 23.8 Å².